The zero-order chi connectivity index (χ0) is 28.9. The molecule has 1 aromatic carbocycles. The van der Waals surface area contributed by atoms with Gasteiger partial charge in [0.05, 0.1) is 23.0 Å². The van der Waals surface area contributed by atoms with Gasteiger partial charge in [0, 0.05) is 42.5 Å². The van der Waals surface area contributed by atoms with Gasteiger partial charge < -0.3 is 15.5 Å². The number of hydrogen-bond donors (Lipinski definition) is 2. The lowest BCUT2D eigenvalue weighted by atomic mass is 9.87. The summed E-state index contributed by atoms with van der Waals surface area (Å²) in [6.45, 7) is 7.25. The lowest BCUT2D eigenvalue weighted by Crippen LogP contribution is -2.31. The number of nitrogens with zero attached hydrogens (tertiary/aromatic N) is 5. The van der Waals surface area contributed by atoms with Gasteiger partial charge in [-0.05, 0) is 74.8 Å². The fourth-order valence-corrected chi connectivity index (χ4v) is 5.56. The van der Waals surface area contributed by atoms with E-state index in [9.17, 15) is 9.18 Å². The van der Waals surface area contributed by atoms with Crippen LogP contribution in [0, 0.1) is 17.7 Å². The Morgan fingerprint density at radius 3 is 2.61 bits per heavy atom. The number of hydrogen-bond acceptors (Lipinski definition) is 7. The summed E-state index contributed by atoms with van der Waals surface area (Å²) in [5.74, 6) is 0.630. The van der Waals surface area contributed by atoms with Gasteiger partial charge in [-0.1, -0.05) is 32.0 Å². The molecule has 3 aromatic heterocycles. The molecule has 1 aliphatic rings. The van der Waals surface area contributed by atoms with Crippen LogP contribution >= 0.6 is 0 Å². The van der Waals surface area contributed by atoms with Crippen molar-refractivity contribution in [1.29, 1.82) is 0 Å². The fraction of sp³-hybridized carbons (Fsp3) is 0.406. The molecule has 214 valence electrons. The van der Waals surface area contributed by atoms with Crippen molar-refractivity contribution in [2.45, 2.75) is 39.0 Å². The van der Waals surface area contributed by atoms with Gasteiger partial charge in [-0.25, -0.2) is 14.4 Å². The molecule has 2 atom stereocenters. The van der Waals surface area contributed by atoms with Gasteiger partial charge >= 0.3 is 0 Å². The molecule has 41 heavy (non-hydrogen) atoms. The second kappa shape index (κ2) is 12.7. The highest BCUT2D eigenvalue weighted by Gasteiger charge is 2.22. The van der Waals surface area contributed by atoms with Crippen molar-refractivity contribution in [1.82, 2.24) is 30.2 Å². The van der Waals surface area contributed by atoms with Crippen LogP contribution in [0.15, 0.2) is 55.1 Å². The zero-order valence-electron chi connectivity index (χ0n) is 24.2. The van der Waals surface area contributed by atoms with Gasteiger partial charge in [-0.15, -0.1) is 0 Å². The van der Waals surface area contributed by atoms with E-state index in [1.54, 1.807) is 12.4 Å². The summed E-state index contributed by atoms with van der Waals surface area (Å²) in [7, 11) is 3.68. The molecule has 8 nitrogen and oxygen atoms in total. The number of fused-ring (bicyclic) bond motifs is 1. The van der Waals surface area contributed by atoms with Crippen molar-refractivity contribution < 1.29 is 9.18 Å². The minimum atomic E-state index is -0.627. The third kappa shape index (κ3) is 6.51. The first-order valence-electron chi connectivity index (χ1n) is 14.3. The maximum absolute atomic E-state index is 14.5. The van der Waals surface area contributed by atoms with E-state index in [1.807, 2.05) is 24.4 Å². The molecule has 9 heteroatoms. The summed E-state index contributed by atoms with van der Waals surface area (Å²) >= 11 is 0. The number of halogens is 1. The van der Waals surface area contributed by atoms with E-state index in [4.69, 9.17) is 4.98 Å². The highest BCUT2D eigenvalue weighted by atomic mass is 19.1. The quantitative estimate of drug-likeness (QED) is 0.289. The average molecular weight is 556 g/mol. The van der Waals surface area contributed by atoms with E-state index >= 15 is 0 Å². The van der Waals surface area contributed by atoms with Crippen molar-refractivity contribution in [3.63, 3.8) is 0 Å². The minimum Gasteiger partial charge on any atom is -0.370 e. The number of benzene rings is 1. The Bertz CT molecular complexity index is 1500. The summed E-state index contributed by atoms with van der Waals surface area (Å²) in [4.78, 5) is 32.7. The molecule has 4 aromatic rings. The van der Waals surface area contributed by atoms with Gasteiger partial charge in [0.1, 0.15) is 12.1 Å². The van der Waals surface area contributed by atoms with Crippen molar-refractivity contribution in [3.8, 4) is 11.3 Å². The van der Waals surface area contributed by atoms with Crippen LogP contribution in [0.3, 0.4) is 0 Å². The Hall–Kier alpha value is -3.98. The largest absolute Gasteiger partial charge is 0.370 e. The van der Waals surface area contributed by atoms with Crippen molar-refractivity contribution in [2.24, 2.45) is 11.8 Å². The molecule has 5 rings (SSSR count). The second-order valence-corrected chi connectivity index (χ2v) is 11.2. The number of nitrogens with one attached hydrogen (secondary N) is 2. The number of para-hydroxylation sites is 1. The SMILES string of the molecule is CNC(=O)c1c(F)cnc2c(C(C)[C@H](C)CNc3cc(-c4ccc(CC5CCN(C)CC5)nc4)ncn3)cccc12. The van der Waals surface area contributed by atoms with E-state index in [0.717, 1.165) is 54.0 Å². The van der Waals surface area contributed by atoms with Gasteiger partial charge in [0.2, 0.25) is 0 Å². The monoisotopic (exact) mass is 555 g/mol. The van der Waals surface area contributed by atoms with Crippen LogP contribution in [0.2, 0.25) is 0 Å². The topological polar surface area (TPSA) is 95.9 Å². The van der Waals surface area contributed by atoms with Crippen molar-refractivity contribution in [3.05, 3.63) is 77.8 Å². The molecule has 1 amide bonds. The highest BCUT2D eigenvalue weighted by molar-refractivity contribution is 6.06. The molecule has 0 saturated carbocycles. The summed E-state index contributed by atoms with van der Waals surface area (Å²) in [6, 6.07) is 11.8. The van der Waals surface area contributed by atoms with Crippen LogP contribution in [0.1, 0.15) is 54.2 Å². The lowest BCUT2D eigenvalue weighted by molar-refractivity contribution is 0.0960. The first-order valence-corrected chi connectivity index (χ1v) is 14.3. The first-order chi connectivity index (χ1) is 19.8. The maximum atomic E-state index is 14.5. The third-order valence-corrected chi connectivity index (χ3v) is 8.41. The molecule has 0 spiro atoms. The normalized spacial score (nSPS) is 15.9. The molecule has 1 fully saturated rings. The second-order valence-electron chi connectivity index (χ2n) is 11.2. The predicted molar refractivity (Wildman–Crippen MR) is 160 cm³/mol. The molecule has 2 N–H and O–H groups in total. The van der Waals surface area contributed by atoms with Crippen LogP contribution in [0.25, 0.3) is 22.2 Å². The first kappa shape index (κ1) is 28.5. The summed E-state index contributed by atoms with van der Waals surface area (Å²) in [5, 5.41) is 6.49. The Morgan fingerprint density at radius 1 is 1.07 bits per heavy atom. The van der Waals surface area contributed by atoms with Crippen molar-refractivity contribution in [2.75, 3.05) is 39.0 Å². The van der Waals surface area contributed by atoms with Gasteiger partial charge in [-0.3, -0.25) is 14.8 Å². The molecule has 0 bridgehead atoms. The van der Waals surface area contributed by atoms with Crippen LogP contribution in [-0.4, -0.2) is 64.5 Å². The molecule has 1 saturated heterocycles. The van der Waals surface area contributed by atoms with E-state index in [2.05, 4.69) is 63.5 Å². The summed E-state index contributed by atoms with van der Waals surface area (Å²) in [6.07, 6.45) is 8.08. The minimum absolute atomic E-state index is 0.0233. The van der Waals surface area contributed by atoms with Crippen LogP contribution in [-0.2, 0) is 6.42 Å². The highest BCUT2D eigenvalue weighted by Crippen LogP contribution is 2.32. The maximum Gasteiger partial charge on any atom is 0.254 e. The van der Waals surface area contributed by atoms with E-state index in [0.29, 0.717) is 23.4 Å². The zero-order valence-corrected chi connectivity index (χ0v) is 24.2. The summed E-state index contributed by atoms with van der Waals surface area (Å²) in [5.41, 5.74) is 4.55. The van der Waals surface area contributed by atoms with Crippen LogP contribution in [0.4, 0.5) is 10.2 Å². The fourth-order valence-electron chi connectivity index (χ4n) is 5.56. The summed E-state index contributed by atoms with van der Waals surface area (Å²) < 4.78 is 14.5. The molecular weight excluding hydrogens is 517 g/mol. The molecule has 4 heterocycles. The van der Waals surface area contributed by atoms with Gasteiger partial charge in [-0.2, -0.15) is 0 Å². The number of pyridine rings is 2. The Labute approximate surface area is 240 Å². The number of likely N-dealkylation sites (tertiary alicyclic amines) is 1. The Kier molecular flexibility index (Phi) is 8.83. The number of rotatable bonds is 9. The number of piperidine rings is 1. The van der Waals surface area contributed by atoms with E-state index in [-0.39, 0.29) is 17.4 Å². The van der Waals surface area contributed by atoms with Gasteiger partial charge in [0.25, 0.3) is 5.91 Å². The molecule has 1 unspecified atom stereocenters. The van der Waals surface area contributed by atoms with Crippen LogP contribution < -0.4 is 10.6 Å². The number of carbonyl (C=O) groups is 1. The Morgan fingerprint density at radius 2 is 1.88 bits per heavy atom. The standard InChI is InChI=1S/C32H38FN7O/c1-20(21(2)25-6-5-7-26-30(32(41)34-3)27(33)18-37-31(25)26)16-36-29-15-28(38-19-39-29)23-8-9-24(35-17-23)14-22-10-12-40(4)13-11-22/h5-9,15,17-22H,10-14,16H2,1-4H3,(H,34,41)(H,36,38,39)/t20-,21?/m1/s1. The van der Waals surface area contributed by atoms with Gasteiger partial charge in [0.15, 0.2) is 5.82 Å². The van der Waals surface area contributed by atoms with Crippen molar-refractivity contribution >= 4 is 22.6 Å². The van der Waals surface area contributed by atoms with E-state index < -0.39 is 11.7 Å². The van der Waals surface area contributed by atoms with Crippen LogP contribution in [0.5, 0.6) is 0 Å². The number of anilines is 1. The lowest BCUT2D eigenvalue weighted by Gasteiger charge is -2.28. The number of aromatic nitrogens is 4. The van der Waals surface area contributed by atoms with E-state index in [1.165, 1.54) is 19.9 Å². The molecule has 0 radical (unpaired) electrons. The number of carbonyl (C=O) groups excluding carboxylic acids is 1. The molecular formula is C32H38FN7O. The molecule has 1 aliphatic heterocycles. The third-order valence-electron chi connectivity index (χ3n) is 8.41. The Balaban J connectivity index is 1.24. The predicted octanol–water partition coefficient (Wildman–Crippen LogP) is 5.32. The smallest absolute Gasteiger partial charge is 0.254 e. The molecule has 0 aliphatic carbocycles. The average Bonchev–Trinajstić information content (AvgIpc) is 3.00. The number of amides is 1.